The monoisotopic (exact) mass is 348 g/mol. The van der Waals surface area contributed by atoms with Gasteiger partial charge in [0.05, 0.1) is 0 Å². The lowest BCUT2D eigenvalue weighted by atomic mass is 10.1. The Balaban J connectivity index is 1.55. The van der Waals surface area contributed by atoms with E-state index in [1.54, 1.807) is 35.6 Å². The average Bonchev–Trinajstić information content (AvgIpc) is 3.22. The lowest BCUT2D eigenvalue weighted by Crippen LogP contribution is -2.41. The number of carbonyl (C=O) groups excluding carboxylic acids is 1. The van der Waals surface area contributed by atoms with E-state index < -0.39 is 18.2 Å². The van der Waals surface area contributed by atoms with Crippen molar-refractivity contribution in [3.05, 3.63) is 58.3 Å². The molecule has 1 aliphatic rings. The summed E-state index contributed by atoms with van der Waals surface area (Å²) in [6.45, 7) is 1.42. The van der Waals surface area contributed by atoms with Crippen molar-refractivity contribution in [2.24, 2.45) is 0 Å². The Hall–Kier alpha value is -1.76. The van der Waals surface area contributed by atoms with Crippen LogP contribution in [0.5, 0.6) is 0 Å². The van der Waals surface area contributed by atoms with Crippen LogP contribution in [-0.4, -0.2) is 41.2 Å². The predicted molar refractivity (Wildman–Crippen MR) is 92.4 cm³/mol. The summed E-state index contributed by atoms with van der Waals surface area (Å²) < 4.78 is 13.8. The first-order valence-electron chi connectivity index (χ1n) is 8.04. The number of likely N-dealkylation sites (tertiary alicyclic amines) is 1. The van der Waals surface area contributed by atoms with E-state index in [1.165, 1.54) is 4.88 Å². The minimum Gasteiger partial charge on any atom is -0.378 e. The topological polar surface area (TPSA) is 52.6 Å². The van der Waals surface area contributed by atoms with Crippen LogP contribution in [0.25, 0.3) is 0 Å². The maximum absolute atomic E-state index is 13.8. The van der Waals surface area contributed by atoms with Crippen LogP contribution in [0.3, 0.4) is 0 Å². The summed E-state index contributed by atoms with van der Waals surface area (Å²) in [7, 11) is 0. The van der Waals surface area contributed by atoms with E-state index in [0.29, 0.717) is 31.6 Å². The Morgan fingerprint density at radius 3 is 2.83 bits per heavy atom. The van der Waals surface area contributed by atoms with E-state index in [1.807, 2.05) is 23.6 Å². The zero-order valence-corrected chi connectivity index (χ0v) is 14.1. The molecule has 0 saturated carbocycles. The standard InChI is InChI=1S/C18H21FN2O2S/c19-14-9-15(21(11-14)12-16-7-4-8-24-16)10-20-18(23)17(22)13-5-2-1-3-6-13/h1-8,14-15,17,22H,9-12H2,(H,20,23)/t14-,15-,17-/m0/s1. The van der Waals surface area contributed by atoms with Crippen LogP contribution >= 0.6 is 11.3 Å². The molecule has 3 rings (SSSR count). The van der Waals surface area contributed by atoms with Crippen LogP contribution < -0.4 is 5.32 Å². The van der Waals surface area contributed by atoms with Gasteiger partial charge in [0.25, 0.3) is 5.91 Å². The second-order valence-electron chi connectivity index (χ2n) is 6.05. The number of alkyl halides is 1. The van der Waals surface area contributed by atoms with Crippen LogP contribution in [0, 0.1) is 0 Å². The fourth-order valence-corrected chi connectivity index (χ4v) is 3.76. The molecule has 4 nitrogen and oxygen atoms in total. The fourth-order valence-electron chi connectivity index (χ4n) is 3.03. The number of hydrogen-bond acceptors (Lipinski definition) is 4. The average molecular weight is 348 g/mol. The molecular formula is C18H21FN2O2S. The van der Waals surface area contributed by atoms with Crippen molar-refractivity contribution in [2.45, 2.75) is 31.3 Å². The molecule has 0 aliphatic carbocycles. The molecule has 0 radical (unpaired) electrons. The van der Waals surface area contributed by atoms with Gasteiger partial charge in [-0.25, -0.2) is 4.39 Å². The van der Waals surface area contributed by atoms with Gasteiger partial charge in [-0.1, -0.05) is 36.4 Å². The number of nitrogens with one attached hydrogen (secondary N) is 1. The number of amides is 1. The first-order chi connectivity index (χ1) is 11.6. The summed E-state index contributed by atoms with van der Waals surface area (Å²) in [6.07, 6.45) is -1.65. The lowest BCUT2D eigenvalue weighted by molar-refractivity contribution is -0.129. The van der Waals surface area contributed by atoms with Gasteiger partial charge in [0.2, 0.25) is 0 Å². The number of carbonyl (C=O) groups is 1. The van der Waals surface area contributed by atoms with Crippen LogP contribution in [0.4, 0.5) is 4.39 Å². The molecule has 3 atom stereocenters. The molecule has 24 heavy (non-hydrogen) atoms. The molecule has 0 unspecified atom stereocenters. The van der Waals surface area contributed by atoms with Gasteiger partial charge < -0.3 is 10.4 Å². The maximum Gasteiger partial charge on any atom is 0.253 e. The number of benzene rings is 1. The summed E-state index contributed by atoms with van der Waals surface area (Å²) in [4.78, 5) is 15.4. The number of aliphatic hydroxyl groups is 1. The summed E-state index contributed by atoms with van der Waals surface area (Å²) in [6, 6.07) is 12.8. The van der Waals surface area contributed by atoms with E-state index in [9.17, 15) is 14.3 Å². The quantitative estimate of drug-likeness (QED) is 0.843. The molecular weight excluding hydrogens is 327 g/mol. The summed E-state index contributed by atoms with van der Waals surface area (Å²) in [5.74, 6) is -0.445. The van der Waals surface area contributed by atoms with Crippen molar-refractivity contribution in [3.8, 4) is 0 Å². The highest BCUT2D eigenvalue weighted by atomic mass is 32.1. The van der Waals surface area contributed by atoms with Gasteiger partial charge in [0.15, 0.2) is 6.10 Å². The first kappa shape index (κ1) is 17.1. The first-order valence-corrected chi connectivity index (χ1v) is 8.92. The van der Waals surface area contributed by atoms with Gasteiger partial charge in [-0.05, 0) is 23.4 Å². The van der Waals surface area contributed by atoms with Crippen molar-refractivity contribution in [2.75, 3.05) is 13.1 Å². The molecule has 2 N–H and O–H groups in total. The summed E-state index contributed by atoms with van der Waals surface area (Å²) in [5, 5.41) is 14.9. The van der Waals surface area contributed by atoms with Gasteiger partial charge >= 0.3 is 0 Å². The third-order valence-electron chi connectivity index (χ3n) is 4.29. The highest BCUT2D eigenvalue weighted by Gasteiger charge is 2.32. The second-order valence-corrected chi connectivity index (χ2v) is 7.09. The van der Waals surface area contributed by atoms with E-state index in [4.69, 9.17) is 0 Å². The van der Waals surface area contributed by atoms with Gasteiger partial charge in [0, 0.05) is 30.6 Å². The SMILES string of the molecule is O=C(NC[C@@H]1C[C@H](F)CN1Cc1cccs1)[C@@H](O)c1ccccc1. The van der Waals surface area contributed by atoms with Crippen molar-refractivity contribution in [3.63, 3.8) is 0 Å². The summed E-state index contributed by atoms with van der Waals surface area (Å²) >= 11 is 1.65. The molecule has 2 heterocycles. The molecule has 2 aromatic rings. The van der Waals surface area contributed by atoms with E-state index in [2.05, 4.69) is 10.2 Å². The Morgan fingerprint density at radius 2 is 2.12 bits per heavy atom. The molecule has 1 saturated heterocycles. The summed E-state index contributed by atoms with van der Waals surface area (Å²) in [5.41, 5.74) is 0.556. The Kier molecular flexibility index (Phi) is 5.60. The molecule has 1 aromatic carbocycles. The van der Waals surface area contributed by atoms with Crippen LogP contribution in [0.15, 0.2) is 47.8 Å². The number of rotatable bonds is 6. The molecule has 1 aliphatic heterocycles. The molecule has 1 aromatic heterocycles. The predicted octanol–water partition coefficient (Wildman–Crippen LogP) is 2.51. The number of hydrogen-bond donors (Lipinski definition) is 2. The normalized spacial score (nSPS) is 22.4. The van der Waals surface area contributed by atoms with Crippen molar-refractivity contribution < 1.29 is 14.3 Å². The number of nitrogens with zero attached hydrogens (tertiary/aromatic N) is 1. The van der Waals surface area contributed by atoms with Crippen molar-refractivity contribution in [1.82, 2.24) is 10.2 Å². The minimum absolute atomic E-state index is 0.0472. The van der Waals surface area contributed by atoms with Crippen LogP contribution in [0.2, 0.25) is 0 Å². The highest BCUT2D eigenvalue weighted by molar-refractivity contribution is 7.09. The highest BCUT2D eigenvalue weighted by Crippen LogP contribution is 2.24. The Bertz CT molecular complexity index is 650. The van der Waals surface area contributed by atoms with Gasteiger partial charge in [0.1, 0.15) is 6.17 Å². The zero-order chi connectivity index (χ0) is 16.9. The Labute approximate surface area is 144 Å². The van der Waals surface area contributed by atoms with Gasteiger partial charge in [-0.3, -0.25) is 9.69 Å². The third-order valence-corrected chi connectivity index (χ3v) is 5.15. The van der Waals surface area contributed by atoms with Gasteiger partial charge in [-0.15, -0.1) is 11.3 Å². The smallest absolute Gasteiger partial charge is 0.253 e. The van der Waals surface area contributed by atoms with E-state index in [0.717, 1.165) is 0 Å². The molecule has 0 bridgehead atoms. The number of aliphatic hydroxyl groups excluding tert-OH is 1. The largest absolute Gasteiger partial charge is 0.378 e. The van der Waals surface area contributed by atoms with Gasteiger partial charge in [-0.2, -0.15) is 0 Å². The minimum atomic E-state index is -1.19. The third kappa shape index (κ3) is 4.20. The number of thiophene rings is 1. The second kappa shape index (κ2) is 7.88. The molecule has 128 valence electrons. The number of halogens is 1. The van der Waals surface area contributed by atoms with Crippen LogP contribution in [0.1, 0.15) is 23.0 Å². The molecule has 0 spiro atoms. The van der Waals surface area contributed by atoms with E-state index >= 15 is 0 Å². The lowest BCUT2D eigenvalue weighted by Gasteiger charge is -2.24. The molecule has 1 fully saturated rings. The zero-order valence-electron chi connectivity index (χ0n) is 13.3. The molecule has 6 heteroatoms. The fraction of sp³-hybridized carbons (Fsp3) is 0.389. The van der Waals surface area contributed by atoms with Crippen molar-refractivity contribution in [1.29, 1.82) is 0 Å². The maximum atomic E-state index is 13.8. The van der Waals surface area contributed by atoms with Crippen molar-refractivity contribution >= 4 is 17.2 Å². The van der Waals surface area contributed by atoms with E-state index in [-0.39, 0.29) is 6.04 Å². The Morgan fingerprint density at radius 1 is 1.33 bits per heavy atom. The van der Waals surface area contributed by atoms with Crippen LogP contribution in [-0.2, 0) is 11.3 Å². The molecule has 1 amide bonds.